The molecule has 6 heteroatoms. The molecule has 0 saturated carbocycles. The van der Waals surface area contributed by atoms with Crippen LogP contribution in [-0.2, 0) is 0 Å². The van der Waals surface area contributed by atoms with Gasteiger partial charge in [-0.3, -0.25) is 10.1 Å². The number of fused-ring (bicyclic) bond motifs is 1. The molecule has 2 rings (SSSR count). The van der Waals surface area contributed by atoms with E-state index in [1.54, 1.807) is 6.07 Å². The van der Waals surface area contributed by atoms with Crippen LogP contribution in [0, 0.1) is 17.0 Å². The number of rotatable bonds is 1. The van der Waals surface area contributed by atoms with E-state index >= 15 is 0 Å². The summed E-state index contributed by atoms with van der Waals surface area (Å²) in [4.78, 5) is 14.3. The van der Waals surface area contributed by atoms with Crippen molar-refractivity contribution in [3.05, 3.63) is 43.5 Å². The molecule has 0 aliphatic rings. The van der Waals surface area contributed by atoms with E-state index in [2.05, 4.69) is 20.9 Å². The van der Waals surface area contributed by atoms with Gasteiger partial charge in [-0.2, -0.15) is 0 Å². The highest BCUT2D eigenvalue weighted by Gasteiger charge is 2.18. The standard InChI is InChI=1S/C10H6BrClN2O2/c1-5-2-3-6(11)8-9(12)7(14(15)16)4-13-10(5)8/h2-4H,1H3. The van der Waals surface area contributed by atoms with Crippen molar-refractivity contribution in [2.45, 2.75) is 6.92 Å². The molecule has 4 nitrogen and oxygen atoms in total. The van der Waals surface area contributed by atoms with E-state index in [4.69, 9.17) is 11.6 Å². The van der Waals surface area contributed by atoms with Crippen LogP contribution in [0.3, 0.4) is 0 Å². The quantitative estimate of drug-likeness (QED) is 0.593. The van der Waals surface area contributed by atoms with Crippen molar-refractivity contribution >= 4 is 44.1 Å². The minimum absolute atomic E-state index is 0.116. The molecule has 0 saturated heterocycles. The highest BCUT2D eigenvalue weighted by atomic mass is 79.9. The maximum Gasteiger partial charge on any atom is 0.306 e. The number of aromatic nitrogens is 1. The SMILES string of the molecule is Cc1ccc(Br)c2c(Cl)c([N+](=O)[O-])cnc12. The second-order valence-corrected chi connectivity index (χ2v) is 4.53. The Hall–Kier alpha value is -1.20. The van der Waals surface area contributed by atoms with Crippen LogP contribution in [-0.4, -0.2) is 9.91 Å². The molecule has 82 valence electrons. The predicted molar refractivity (Wildman–Crippen MR) is 65.8 cm³/mol. The van der Waals surface area contributed by atoms with Gasteiger partial charge in [0, 0.05) is 9.86 Å². The van der Waals surface area contributed by atoms with Crippen molar-refractivity contribution in [1.29, 1.82) is 0 Å². The van der Waals surface area contributed by atoms with Crippen molar-refractivity contribution in [3.63, 3.8) is 0 Å². The highest BCUT2D eigenvalue weighted by Crippen LogP contribution is 2.36. The van der Waals surface area contributed by atoms with Gasteiger partial charge < -0.3 is 0 Å². The third-order valence-corrected chi connectivity index (χ3v) is 3.33. The number of pyridine rings is 1. The van der Waals surface area contributed by atoms with Gasteiger partial charge in [-0.05, 0) is 18.6 Å². The summed E-state index contributed by atoms with van der Waals surface area (Å²) in [5, 5.41) is 11.4. The molecule has 0 aliphatic carbocycles. The Morgan fingerprint density at radius 2 is 2.19 bits per heavy atom. The molecule has 0 N–H and O–H groups in total. The van der Waals surface area contributed by atoms with E-state index in [-0.39, 0.29) is 10.7 Å². The fraction of sp³-hybridized carbons (Fsp3) is 0.100. The molecular weight excluding hydrogens is 295 g/mol. The number of nitrogens with zero attached hydrogens (tertiary/aromatic N) is 2. The predicted octanol–water partition coefficient (Wildman–Crippen LogP) is 3.87. The fourth-order valence-corrected chi connectivity index (χ4v) is 2.43. The molecule has 1 heterocycles. The summed E-state index contributed by atoms with van der Waals surface area (Å²) < 4.78 is 0.703. The first-order valence-corrected chi connectivity index (χ1v) is 5.57. The maximum absolute atomic E-state index is 10.7. The summed E-state index contributed by atoms with van der Waals surface area (Å²) >= 11 is 9.32. The molecule has 0 aliphatic heterocycles. The molecule has 2 aromatic rings. The lowest BCUT2D eigenvalue weighted by molar-refractivity contribution is -0.384. The van der Waals surface area contributed by atoms with Gasteiger partial charge in [0.25, 0.3) is 0 Å². The zero-order valence-corrected chi connectivity index (χ0v) is 10.5. The van der Waals surface area contributed by atoms with Crippen molar-refractivity contribution in [2.75, 3.05) is 0 Å². The van der Waals surface area contributed by atoms with Crippen molar-refractivity contribution < 1.29 is 4.92 Å². The zero-order valence-electron chi connectivity index (χ0n) is 8.20. The number of hydrogen-bond donors (Lipinski definition) is 0. The number of nitro groups is 1. The van der Waals surface area contributed by atoms with Gasteiger partial charge in [0.15, 0.2) is 0 Å². The Balaban J connectivity index is 2.94. The van der Waals surface area contributed by atoms with Crippen LogP contribution in [0.1, 0.15) is 5.56 Å². The second-order valence-electron chi connectivity index (χ2n) is 3.30. The maximum atomic E-state index is 10.7. The van der Waals surface area contributed by atoms with E-state index in [9.17, 15) is 10.1 Å². The first-order valence-electron chi connectivity index (χ1n) is 4.40. The van der Waals surface area contributed by atoms with Crippen LogP contribution >= 0.6 is 27.5 Å². The summed E-state index contributed by atoms with van der Waals surface area (Å²) in [6.07, 6.45) is 1.18. The van der Waals surface area contributed by atoms with E-state index in [0.29, 0.717) is 15.4 Å². The number of benzene rings is 1. The molecular formula is C10H6BrClN2O2. The molecule has 0 spiro atoms. The van der Waals surface area contributed by atoms with Crippen molar-refractivity contribution in [2.24, 2.45) is 0 Å². The number of halogens is 2. The molecule has 0 fully saturated rings. The van der Waals surface area contributed by atoms with Gasteiger partial charge in [0.05, 0.1) is 10.4 Å². The lowest BCUT2D eigenvalue weighted by Gasteiger charge is -2.05. The molecule has 1 aromatic heterocycles. The smallest absolute Gasteiger partial charge is 0.258 e. The van der Waals surface area contributed by atoms with Crippen LogP contribution < -0.4 is 0 Å². The van der Waals surface area contributed by atoms with Crippen LogP contribution in [0.4, 0.5) is 5.69 Å². The lowest BCUT2D eigenvalue weighted by Crippen LogP contribution is -1.93. The molecule has 0 atom stereocenters. The topological polar surface area (TPSA) is 56.0 Å². The normalized spacial score (nSPS) is 10.7. The van der Waals surface area contributed by atoms with Crippen LogP contribution in [0.5, 0.6) is 0 Å². The van der Waals surface area contributed by atoms with Gasteiger partial charge in [0.2, 0.25) is 0 Å². The lowest BCUT2D eigenvalue weighted by atomic mass is 10.1. The van der Waals surface area contributed by atoms with Gasteiger partial charge in [-0.25, -0.2) is 4.98 Å². The van der Waals surface area contributed by atoms with E-state index in [1.807, 2.05) is 13.0 Å². The monoisotopic (exact) mass is 300 g/mol. The van der Waals surface area contributed by atoms with Crippen LogP contribution in [0.2, 0.25) is 5.02 Å². The summed E-state index contributed by atoms with van der Waals surface area (Å²) in [6, 6.07) is 3.68. The second kappa shape index (κ2) is 3.99. The van der Waals surface area contributed by atoms with Crippen LogP contribution in [0.25, 0.3) is 10.9 Å². The molecule has 0 unspecified atom stereocenters. The Morgan fingerprint density at radius 1 is 1.50 bits per heavy atom. The molecule has 16 heavy (non-hydrogen) atoms. The average molecular weight is 302 g/mol. The summed E-state index contributed by atoms with van der Waals surface area (Å²) in [5.74, 6) is 0. The first kappa shape index (κ1) is 11.3. The largest absolute Gasteiger partial charge is 0.306 e. The molecule has 0 amide bonds. The zero-order chi connectivity index (χ0) is 11.9. The summed E-state index contributed by atoms with van der Waals surface area (Å²) in [5.41, 5.74) is 1.42. The first-order chi connectivity index (χ1) is 7.52. The average Bonchev–Trinajstić information content (AvgIpc) is 2.23. The van der Waals surface area contributed by atoms with E-state index in [0.717, 1.165) is 5.56 Å². The third-order valence-electron chi connectivity index (χ3n) is 2.29. The Kier molecular flexibility index (Phi) is 2.82. The van der Waals surface area contributed by atoms with Gasteiger partial charge in [-0.1, -0.05) is 33.6 Å². The Morgan fingerprint density at radius 3 is 2.81 bits per heavy atom. The Labute approximate surface area is 105 Å². The molecule has 0 bridgehead atoms. The molecule has 0 radical (unpaired) electrons. The van der Waals surface area contributed by atoms with Crippen molar-refractivity contribution in [3.8, 4) is 0 Å². The number of aryl methyl sites for hydroxylation is 1. The Bertz CT molecular complexity index is 601. The van der Waals surface area contributed by atoms with Crippen molar-refractivity contribution in [1.82, 2.24) is 4.98 Å². The minimum atomic E-state index is -0.538. The fourth-order valence-electron chi connectivity index (χ4n) is 1.48. The van der Waals surface area contributed by atoms with E-state index < -0.39 is 4.92 Å². The van der Waals surface area contributed by atoms with Gasteiger partial charge in [-0.15, -0.1) is 0 Å². The summed E-state index contributed by atoms with van der Waals surface area (Å²) in [6.45, 7) is 1.88. The minimum Gasteiger partial charge on any atom is -0.258 e. The summed E-state index contributed by atoms with van der Waals surface area (Å²) in [7, 11) is 0. The number of hydrogen-bond acceptors (Lipinski definition) is 3. The van der Waals surface area contributed by atoms with E-state index in [1.165, 1.54) is 6.20 Å². The van der Waals surface area contributed by atoms with Gasteiger partial charge >= 0.3 is 5.69 Å². The highest BCUT2D eigenvalue weighted by molar-refractivity contribution is 9.10. The van der Waals surface area contributed by atoms with Crippen LogP contribution in [0.15, 0.2) is 22.8 Å². The van der Waals surface area contributed by atoms with Gasteiger partial charge in [0.1, 0.15) is 11.2 Å². The third kappa shape index (κ3) is 1.66. The molecule has 1 aromatic carbocycles.